The van der Waals surface area contributed by atoms with E-state index in [1.807, 2.05) is 36.6 Å². The number of nitrogens with zero attached hydrogens (tertiary/aromatic N) is 2. The number of aryl methyl sites for hydroxylation is 2. The maximum atomic E-state index is 11.4. The molecule has 1 heterocycles. The van der Waals surface area contributed by atoms with Crippen LogP contribution in [-0.2, 0) is 0 Å². The largest absolute Gasteiger partial charge is 0.478 e. The molecule has 20 heavy (non-hydrogen) atoms. The summed E-state index contributed by atoms with van der Waals surface area (Å²) in [4.78, 5) is 15.7. The molecular weight excluding hydrogens is 252 g/mol. The molecule has 0 unspecified atom stereocenters. The van der Waals surface area contributed by atoms with Gasteiger partial charge in [-0.25, -0.2) is 9.78 Å². The van der Waals surface area contributed by atoms with Crippen LogP contribution in [0.2, 0.25) is 0 Å². The number of rotatable bonds is 2. The van der Waals surface area contributed by atoms with Crippen molar-refractivity contribution in [2.75, 3.05) is 0 Å². The number of aromatic nitrogens is 2. The normalized spacial score (nSPS) is 10.9. The molecule has 2 aromatic carbocycles. The van der Waals surface area contributed by atoms with Crippen LogP contribution in [0.3, 0.4) is 0 Å². The number of carboxylic acids is 1. The van der Waals surface area contributed by atoms with Crippen molar-refractivity contribution in [2.24, 2.45) is 0 Å². The molecule has 0 aliphatic rings. The van der Waals surface area contributed by atoms with E-state index < -0.39 is 5.97 Å². The summed E-state index contributed by atoms with van der Waals surface area (Å²) in [6, 6.07) is 11.2. The minimum atomic E-state index is -0.942. The lowest BCUT2D eigenvalue weighted by Crippen LogP contribution is -2.02. The number of aromatic carboxylic acids is 1. The van der Waals surface area contributed by atoms with Crippen molar-refractivity contribution in [3.8, 4) is 5.69 Å². The van der Waals surface area contributed by atoms with Crippen LogP contribution in [-0.4, -0.2) is 20.6 Å². The molecule has 4 nitrogen and oxygen atoms in total. The summed E-state index contributed by atoms with van der Waals surface area (Å²) in [5, 5.41) is 9.34. The molecule has 0 bridgehead atoms. The fourth-order valence-electron chi connectivity index (χ4n) is 2.50. The minimum absolute atomic E-state index is 0.264. The Morgan fingerprint density at radius 2 is 2.00 bits per heavy atom. The lowest BCUT2D eigenvalue weighted by Gasteiger charge is -2.10. The Bertz CT molecular complexity index is 818. The van der Waals surface area contributed by atoms with Gasteiger partial charge in [0.1, 0.15) is 6.33 Å². The van der Waals surface area contributed by atoms with Crippen molar-refractivity contribution in [1.29, 1.82) is 0 Å². The van der Waals surface area contributed by atoms with Gasteiger partial charge in [-0.15, -0.1) is 0 Å². The zero-order valence-electron chi connectivity index (χ0n) is 11.3. The Balaban J connectivity index is 2.34. The Morgan fingerprint density at radius 3 is 2.70 bits per heavy atom. The van der Waals surface area contributed by atoms with Gasteiger partial charge in [0.15, 0.2) is 0 Å². The first-order valence-corrected chi connectivity index (χ1v) is 6.35. The van der Waals surface area contributed by atoms with E-state index in [-0.39, 0.29) is 5.56 Å². The van der Waals surface area contributed by atoms with Gasteiger partial charge in [0.25, 0.3) is 0 Å². The molecule has 3 rings (SSSR count). The van der Waals surface area contributed by atoms with Crippen LogP contribution in [0.5, 0.6) is 0 Å². The van der Waals surface area contributed by atoms with Gasteiger partial charge < -0.3 is 5.11 Å². The average Bonchev–Trinajstić information content (AvgIpc) is 2.82. The predicted octanol–water partition coefficient (Wildman–Crippen LogP) is 3.34. The smallest absolute Gasteiger partial charge is 0.337 e. The number of benzene rings is 2. The summed E-state index contributed by atoms with van der Waals surface area (Å²) in [5.41, 5.74) is 4.79. The molecule has 0 spiro atoms. The van der Waals surface area contributed by atoms with Crippen molar-refractivity contribution in [3.63, 3.8) is 0 Å². The van der Waals surface area contributed by atoms with Crippen molar-refractivity contribution in [1.82, 2.24) is 9.55 Å². The Labute approximate surface area is 116 Å². The summed E-state index contributed by atoms with van der Waals surface area (Å²) < 4.78 is 1.84. The number of fused-ring (bicyclic) bond motifs is 1. The maximum Gasteiger partial charge on any atom is 0.337 e. The van der Waals surface area contributed by atoms with Crippen LogP contribution in [0.4, 0.5) is 0 Å². The quantitative estimate of drug-likeness (QED) is 0.774. The molecule has 4 heteroatoms. The zero-order chi connectivity index (χ0) is 14.3. The molecule has 0 radical (unpaired) electrons. The standard InChI is InChI=1S/C16H14N2O2/c1-10-6-7-14(11(2)8-10)18-9-17-13-5-3-4-12(15(13)18)16(19)20/h3-9H,1-2H3,(H,19,20). The molecule has 0 atom stereocenters. The topological polar surface area (TPSA) is 55.1 Å². The molecule has 0 saturated carbocycles. The Morgan fingerprint density at radius 1 is 1.20 bits per heavy atom. The van der Waals surface area contributed by atoms with Gasteiger partial charge >= 0.3 is 5.97 Å². The van der Waals surface area contributed by atoms with Crippen molar-refractivity contribution < 1.29 is 9.90 Å². The summed E-state index contributed by atoms with van der Waals surface area (Å²) in [6.07, 6.45) is 1.68. The van der Waals surface area contributed by atoms with Crippen LogP contribution in [0, 0.1) is 13.8 Å². The first kappa shape index (κ1) is 12.4. The lowest BCUT2D eigenvalue weighted by molar-refractivity contribution is 0.0698. The molecule has 0 aliphatic heterocycles. The highest BCUT2D eigenvalue weighted by Crippen LogP contribution is 2.24. The third-order valence-corrected chi connectivity index (χ3v) is 3.41. The fourth-order valence-corrected chi connectivity index (χ4v) is 2.50. The summed E-state index contributed by atoms with van der Waals surface area (Å²) in [5.74, 6) is -0.942. The van der Waals surface area contributed by atoms with E-state index in [1.165, 1.54) is 5.56 Å². The van der Waals surface area contributed by atoms with Crippen molar-refractivity contribution in [3.05, 3.63) is 59.4 Å². The highest BCUT2D eigenvalue weighted by atomic mass is 16.4. The maximum absolute atomic E-state index is 11.4. The number of para-hydroxylation sites is 1. The third-order valence-electron chi connectivity index (χ3n) is 3.41. The molecule has 0 aliphatic carbocycles. The van der Waals surface area contributed by atoms with E-state index >= 15 is 0 Å². The highest BCUT2D eigenvalue weighted by Gasteiger charge is 2.15. The SMILES string of the molecule is Cc1ccc(-n2cnc3cccc(C(=O)O)c32)c(C)c1. The minimum Gasteiger partial charge on any atom is -0.478 e. The van der Waals surface area contributed by atoms with Crippen LogP contribution in [0.15, 0.2) is 42.7 Å². The van der Waals surface area contributed by atoms with Crippen molar-refractivity contribution in [2.45, 2.75) is 13.8 Å². The van der Waals surface area contributed by atoms with Crippen LogP contribution >= 0.6 is 0 Å². The fraction of sp³-hybridized carbons (Fsp3) is 0.125. The third kappa shape index (κ3) is 1.86. The molecule has 100 valence electrons. The monoisotopic (exact) mass is 266 g/mol. The summed E-state index contributed by atoms with van der Waals surface area (Å²) in [6.45, 7) is 4.04. The second-order valence-electron chi connectivity index (χ2n) is 4.88. The lowest BCUT2D eigenvalue weighted by atomic mass is 10.1. The second-order valence-corrected chi connectivity index (χ2v) is 4.88. The molecule has 1 aromatic heterocycles. The number of carbonyl (C=O) groups is 1. The van der Waals surface area contributed by atoms with E-state index in [0.29, 0.717) is 11.0 Å². The number of hydrogen-bond acceptors (Lipinski definition) is 2. The van der Waals surface area contributed by atoms with Crippen LogP contribution < -0.4 is 0 Å². The Kier molecular flexibility index (Phi) is 2.79. The van der Waals surface area contributed by atoms with Crippen LogP contribution in [0.1, 0.15) is 21.5 Å². The van der Waals surface area contributed by atoms with Crippen LogP contribution in [0.25, 0.3) is 16.7 Å². The molecular formula is C16H14N2O2. The van der Waals surface area contributed by atoms with E-state index in [0.717, 1.165) is 11.3 Å². The molecule has 3 aromatic rings. The van der Waals surface area contributed by atoms with Gasteiger partial charge in [-0.1, -0.05) is 23.8 Å². The molecule has 1 N–H and O–H groups in total. The summed E-state index contributed by atoms with van der Waals surface area (Å²) >= 11 is 0. The molecule has 0 saturated heterocycles. The second kappa shape index (κ2) is 4.49. The van der Waals surface area contributed by atoms with E-state index in [1.54, 1.807) is 18.5 Å². The number of carboxylic acid groups (broad SMARTS) is 1. The first-order valence-electron chi connectivity index (χ1n) is 6.35. The molecule has 0 fully saturated rings. The molecule has 0 amide bonds. The first-order chi connectivity index (χ1) is 9.58. The van der Waals surface area contributed by atoms with Gasteiger partial charge in [0.05, 0.1) is 22.3 Å². The summed E-state index contributed by atoms with van der Waals surface area (Å²) in [7, 11) is 0. The zero-order valence-corrected chi connectivity index (χ0v) is 11.3. The van der Waals surface area contributed by atoms with Gasteiger partial charge in [-0.05, 0) is 37.6 Å². The number of hydrogen-bond donors (Lipinski definition) is 1. The Hall–Kier alpha value is -2.62. The predicted molar refractivity (Wildman–Crippen MR) is 77.5 cm³/mol. The van der Waals surface area contributed by atoms with Gasteiger partial charge in [-0.2, -0.15) is 0 Å². The van der Waals surface area contributed by atoms with Gasteiger partial charge in [0.2, 0.25) is 0 Å². The average molecular weight is 266 g/mol. The van der Waals surface area contributed by atoms with E-state index in [2.05, 4.69) is 11.1 Å². The van der Waals surface area contributed by atoms with E-state index in [4.69, 9.17) is 0 Å². The van der Waals surface area contributed by atoms with E-state index in [9.17, 15) is 9.90 Å². The highest BCUT2D eigenvalue weighted by molar-refractivity contribution is 6.01. The number of imidazole rings is 1. The van der Waals surface area contributed by atoms with Gasteiger partial charge in [-0.3, -0.25) is 4.57 Å². The van der Waals surface area contributed by atoms with Crippen molar-refractivity contribution >= 4 is 17.0 Å². The van der Waals surface area contributed by atoms with Gasteiger partial charge in [0, 0.05) is 0 Å².